The van der Waals surface area contributed by atoms with E-state index in [0.717, 1.165) is 0 Å². The zero-order chi connectivity index (χ0) is 24.3. The quantitative estimate of drug-likeness (QED) is 0.439. The number of hydrogen-bond acceptors (Lipinski definition) is 6. The lowest BCUT2D eigenvalue weighted by molar-refractivity contribution is -0.215. The van der Waals surface area contributed by atoms with Gasteiger partial charge in [-0.3, -0.25) is 4.90 Å². The van der Waals surface area contributed by atoms with Crippen molar-refractivity contribution in [1.82, 2.24) is 4.90 Å². The van der Waals surface area contributed by atoms with Gasteiger partial charge in [-0.25, -0.2) is 4.79 Å². The molecule has 0 saturated carbocycles. The van der Waals surface area contributed by atoms with Gasteiger partial charge in [-0.1, -0.05) is 78.9 Å². The van der Waals surface area contributed by atoms with Crippen LogP contribution in [0, 0.1) is 0 Å². The second-order valence-corrected chi connectivity index (χ2v) is 9.47. The maximum atomic E-state index is 12.7. The molecule has 0 spiro atoms. The summed E-state index contributed by atoms with van der Waals surface area (Å²) in [6, 6.07) is 29.5. The molecule has 3 aromatic carbocycles. The number of carbonyl (C=O) groups excluding carboxylic acids is 1. The van der Waals surface area contributed by atoms with E-state index in [2.05, 4.69) is 29.2 Å². The Kier molecular flexibility index (Phi) is 6.97. The summed E-state index contributed by atoms with van der Waals surface area (Å²) in [5.41, 5.74) is 2.89. The highest BCUT2D eigenvalue weighted by molar-refractivity contribution is 5.89. The fourth-order valence-electron chi connectivity index (χ4n) is 4.86. The molecule has 6 heteroatoms. The van der Waals surface area contributed by atoms with Gasteiger partial charge in [0, 0.05) is 13.1 Å². The molecular weight excluding hydrogens is 442 g/mol. The van der Waals surface area contributed by atoms with Gasteiger partial charge in [0.1, 0.15) is 18.8 Å². The molecule has 0 bridgehead atoms. The smallest absolute Gasteiger partial charge is 0.338 e. The minimum absolute atomic E-state index is 0.110. The first-order valence-electron chi connectivity index (χ1n) is 12.0. The number of esters is 1. The average molecular weight is 474 g/mol. The Morgan fingerprint density at radius 1 is 0.829 bits per heavy atom. The van der Waals surface area contributed by atoms with E-state index in [4.69, 9.17) is 18.9 Å². The van der Waals surface area contributed by atoms with Crippen molar-refractivity contribution in [3.05, 3.63) is 108 Å². The molecule has 2 saturated heterocycles. The van der Waals surface area contributed by atoms with Crippen LogP contribution < -0.4 is 0 Å². The van der Waals surface area contributed by atoms with Gasteiger partial charge in [0.05, 0.1) is 11.6 Å². The number of benzene rings is 3. The van der Waals surface area contributed by atoms with E-state index in [0.29, 0.717) is 18.7 Å². The van der Waals surface area contributed by atoms with E-state index >= 15 is 0 Å². The molecule has 2 aliphatic heterocycles. The molecule has 2 aliphatic rings. The Morgan fingerprint density at radius 3 is 1.94 bits per heavy atom. The number of nitrogens with zero attached hydrogens (tertiary/aromatic N) is 1. The maximum Gasteiger partial charge on any atom is 0.338 e. The van der Waals surface area contributed by atoms with E-state index in [1.807, 2.05) is 68.4 Å². The van der Waals surface area contributed by atoms with Crippen molar-refractivity contribution in [3.8, 4) is 0 Å². The Balaban J connectivity index is 1.41. The SMILES string of the molecule is CC1(C)O[C@H]2O[C@H](COC(=O)c3ccccc3)[C@@H](N(Cc3ccccc3)Cc3ccccc3)[C@H]2O1. The molecule has 6 nitrogen and oxygen atoms in total. The van der Waals surface area contributed by atoms with Gasteiger partial charge < -0.3 is 18.9 Å². The second-order valence-electron chi connectivity index (χ2n) is 9.47. The van der Waals surface area contributed by atoms with Crippen molar-refractivity contribution in [3.63, 3.8) is 0 Å². The van der Waals surface area contributed by atoms with E-state index in [1.165, 1.54) is 11.1 Å². The predicted octanol–water partition coefficient (Wildman–Crippen LogP) is 4.79. The molecule has 0 N–H and O–H groups in total. The Morgan fingerprint density at radius 2 is 1.37 bits per heavy atom. The van der Waals surface area contributed by atoms with Gasteiger partial charge in [-0.2, -0.15) is 0 Å². The highest BCUT2D eigenvalue weighted by Gasteiger charge is 2.56. The molecule has 2 fully saturated rings. The normalized spacial score (nSPS) is 24.9. The third-order valence-corrected chi connectivity index (χ3v) is 6.38. The highest BCUT2D eigenvalue weighted by Crippen LogP contribution is 2.40. The monoisotopic (exact) mass is 473 g/mol. The minimum atomic E-state index is -0.746. The second kappa shape index (κ2) is 10.3. The summed E-state index contributed by atoms with van der Waals surface area (Å²) < 4.78 is 24.4. The fraction of sp³-hybridized carbons (Fsp3) is 0.345. The lowest BCUT2D eigenvalue weighted by Crippen LogP contribution is -2.49. The molecular formula is C29H31NO5. The summed E-state index contributed by atoms with van der Waals surface area (Å²) in [6.45, 7) is 5.29. The zero-order valence-electron chi connectivity index (χ0n) is 20.1. The lowest BCUT2D eigenvalue weighted by Gasteiger charge is -2.35. The predicted molar refractivity (Wildman–Crippen MR) is 131 cm³/mol. The van der Waals surface area contributed by atoms with E-state index in [1.54, 1.807) is 12.1 Å². The highest BCUT2D eigenvalue weighted by atomic mass is 16.8. The van der Waals surface area contributed by atoms with Gasteiger partial charge >= 0.3 is 5.97 Å². The molecule has 3 aromatic rings. The Hall–Kier alpha value is -3.03. The van der Waals surface area contributed by atoms with Crippen LogP contribution in [-0.2, 0) is 32.0 Å². The molecule has 5 rings (SSSR count). The van der Waals surface area contributed by atoms with Gasteiger partial charge in [-0.05, 0) is 37.1 Å². The first-order chi connectivity index (χ1) is 17.0. The molecule has 0 unspecified atom stereocenters. The number of fused-ring (bicyclic) bond motifs is 1. The third-order valence-electron chi connectivity index (χ3n) is 6.38. The molecule has 0 amide bonds. The number of ether oxygens (including phenoxy) is 4. The molecule has 182 valence electrons. The fourth-order valence-corrected chi connectivity index (χ4v) is 4.86. The third kappa shape index (κ3) is 5.63. The average Bonchev–Trinajstić information content (AvgIpc) is 3.34. The molecule has 35 heavy (non-hydrogen) atoms. The summed E-state index contributed by atoms with van der Waals surface area (Å²) >= 11 is 0. The molecule has 0 radical (unpaired) electrons. The van der Waals surface area contributed by atoms with Crippen LogP contribution in [0.15, 0.2) is 91.0 Å². The van der Waals surface area contributed by atoms with Crippen molar-refractivity contribution in [2.45, 2.75) is 57.3 Å². The Bertz CT molecular complexity index is 1060. The minimum Gasteiger partial charge on any atom is -0.459 e. The topological polar surface area (TPSA) is 57.2 Å². The van der Waals surface area contributed by atoms with Crippen LogP contribution in [0.5, 0.6) is 0 Å². The van der Waals surface area contributed by atoms with Gasteiger partial charge in [0.15, 0.2) is 12.1 Å². The summed E-state index contributed by atoms with van der Waals surface area (Å²) in [6.07, 6.45) is -1.23. The van der Waals surface area contributed by atoms with Crippen LogP contribution in [0.3, 0.4) is 0 Å². The maximum absolute atomic E-state index is 12.7. The van der Waals surface area contributed by atoms with Crippen LogP contribution in [0.1, 0.15) is 35.3 Å². The first-order valence-corrected chi connectivity index (χ1v) is 12.0. The number of rotatable bonds is 8. The molecule has 0 aromatic heterocycles. The van der Waals surface area contributed by atoms with Crippen LogP contribution >= 0.6 is 0 Å². The molecule has 2 heterocycles. The van der Waals surface area contributed by atoms with Crippen LogP contribution in [-0.4, -0.2) is 47.8 Å². The van der Waals surface area contributed by atoms with Gasteiger partial charge in [-0.15, -0.1) is 0 Å². The largest absolute Gasteiger partial charge is 0.459 e. The van der Waals surface area contributed by atoms with Crippen LogP contribution in [0.4, 0.5) is 0 Å². The summed E-state index contributed by atoms with van der Waals surface area (Å²) in [5.74, 6) is -1.12. The summed E-state index contributed by atoms with van der Waals surface area (Å²) in [5, 5.41) is 0. The summed E-state index contributed by atoms with van der Waals surface area (Å²) in [4.78, 5) is 15.0. The lowest BCUT2D eigenvalue weighted by atomic mass is 10.0. The molecule has 4 atom stereocenters. The van der Waals surface area contributed by atoms with E-state index in [-0.39, 0.29) is 24.7 Å². The molecule has 0 aliphatic carbocycles. The van der Waals surface area contributed by atoms with Crippen molar-refractivity contribution in [2.75, 3.05) is 6.61 Å². The van der Waals surface area contributed by atoms with Crippen LogP contribution in [0.25, 0.3) is 0 Å². The van der Waals surface area contributed by atoms with E-state index in [9.17, 15) is 4.79 Å². The van der Waals surface area contributed by atoms with E-state index < -0.39 is 18.2 Å². The van der Waals surface area contributed by atoms with Crippen molar-refractivity contribution in [1.29, 1.82) is 0 Å². The standard InChI is InChI=1S/C29H31NO5/c1-29(2)34-26-25(24(33-28(26)35-29)20-32-27(31)23-16-10-5-11-17-23)30(18-21-12-6-3-7-13-21)19-22-14-8-4-9-15-22/h3-17,24-26,28H,18-20H2,1-2H3/t24-,25-,26-,28-/m1/s1. The Labute approximate surface area is 206 Å². The zero-order valence-corrected chi connectivity index (χ0v) is 20.1. The van der Waals surface area contributed by atoms with Gasteiger partial charge in [0.2, 0.25) is 0 Å². The van der Waals surface area contributed by atoms with Crippen molar-refractivity contribution < 1.29 is 23.7 Å². The van der Waals surface area contributed by atoms with Crippen LogP contribution in [0.2, 0.25) is 0 Å². The van der Waals surface area contributed by atoms with Crippen molar-refractivity contribution in [2.24, 2.45) is 0 Å². The van der Waals surface area contributed by atoms with Gasteiger partial charge in [0.25, 0.3) is 0 Å². The summed E-state index contributed by atoms with van der Waals surface area (Å²) in [7, 11) is 0. The van der Waals surface area contributed by atoms with Crippen molar-refractivity contribution >= 4 is 5.97 Å². The number of hydrogen-bond donors (Lipinski definition) is 0. The first kappa shape index (κ1) is 23.7. The number of carbonyl (C=O) groups is 1.